The van der Waals surface area contributed by atoms with E-state index in [1.807, 2.05) is 0 Å². The van der Waals surface area contributed by atoms with E-state index in [1.165, 1.54) is 16.7 Å². The number of hydrogen-bond donors (Lipinski definition) is 1. The van der Waals surface area contributed by atoms with Crippen LogP contribution in [0.1, 0.15) is 105 Å². The van der Waals surface area contributed by atoms with Crippen molar-refractivity contribution in [3.8, 4) is 0 Å². The van der Waals surface area contributed by atoms with Crippen LogP contribution < -0.4 is 10.3 Å². The number of hydrogen-bond acceptors (Lipinski definition) is 4. The summed E-state index contributed by atoms with van der Waals surface area (Å²) >= 11 is 0. The van der Waals surface area contributed by atoms with E-state index in [-0.39, 0.29) is 21.7 Å². The van der Waals surface area contributed by atoms with Crippen molar-refractivity contribution in [2.45, 2.75) is 105 Å². The Kier molecular flexibility index (Phi) is 7.39. The van der Waals surface area contributed by atoms with Crippen molar-refractivity contribution in [2.75, 3.05) is 13.2 Å². The third kappa shape index (κ3) is 5.82. The molecule has 0 aliphatic rings. The van der Waals surface area contributed by atoms with E-state index in [4.69, 9.17) is 18.7 Å². The second-order valence-electron chi connectivity index (χ2n) is 13.8. The molecule has 0 amide bonds. The van der Waals surface area contributed by atoms with Crippen LogP contribution in [0.25, 0.3) is 21.9 Å². The van der Waals surface area contributed by atoms with Gasteiger partial charge >= 0.3 is 8.24 Å². The highest BCUT2D eigenvalue weighted by atomic mass is 31.1. The molecule has 1 unspecified atom stereocenters. The Morgan fingerprint density at radius 1 is 0.686 bits per heavy atom. The van der Waals surface area contributed by atoms with Crippen LogP contribution in [0.2, 0.25) is 0 Å². The summed E-state index contributed by atoms with van der Waals surface area (Å²) in [7, 11) is -1.67. The maximum absolute atomic E-state index is 6.69. The van der Waals surface area contributed by atoms with Gasteiger partial charge in [0.2, 0.25) is 0 Å². The first-order valence-electron chi connectivity index (χ1n) is 12.7. The van der Waals surface area contributed by atoms with E-state index in [9.17, 15) is 0 Å². The number of fused-ring (bicyclic) bond motifs is 3. The quantitative estimate of drug-likeness (QED) is 0.391. The van der Waals surface area contributed by atoms with Gasteiger partial charge in [-0.2, -0.15) is 0 Å². The molecule has 5 heteroatoms. The molecular formula is C30H46NO3P. The molecule has 2 N–H and O–H groups in total. The molecule has 3 aromatic rings. The van der Waals surface area contributed by atoms with Crippen LogP contribution in [0.4, 0.5) is 0 Å². The van der Waals surface area contributed by atoms with Gasteiger partial charge in [-0.05, 0) is 38.9 Å². The van der Waals surface area contributed by atoms with Crippen LogP contribution in [0.5, 0.6) is 0 Å². The third-order valence-corrected chi connectivity index (χ3v) is 7.47. The zero-order valence-corrected chi connectivity index (χ0v) is 24.9. The predicted octanol–water partition coefficient (Wildman–Crippen LogP) is 8.87. The second kappa shape index (κ2) is 9.29. The normalized spacial score (nSPS) is 14.1. The minimum atomic E-state index is -1.67. The molecule has 2 aromatic carbocycles. The van der Waals surface area contributed by atoms with Crippen molar-refractivity contribution < 1.29 is 12.9 Å². The Bertz CT molecular complexity index is 1260. The molecule has 0 radical (unpaired) electrons. The highest BCUT2D eigenvalue weighted by Gasteiger charge is 2.31. The Labute approximate surface area is 213 Å². The highest BCUT2D eigenvalue weighted by molar-refractivity contribution is 7.31. The van der Waals surface area contributed by atoms with Gasteiger partial charge in [0, 0.05) is 28.4 Å². The van der Waals surface area contributed by atoms with Gasteiger partial charge in [-0.25, -0.2) is 0 Å². The third-order valence-electron chi connectivity index (χ3n) is 6.42. The maximum atomic E-state index is 6.69. The summed E-state index contributed by atoms with van der Waals surface area (Å²) in [4.78, 5) is 0. The fourth-order valence-electron chi connectivity index (χ4n) is 4.52. The standard InChI is InChI=1S/C30H46NO3P/c1-27(2,3)19-17-21-20-13-14-22(28(4,5)6)24(30(10,11)12)26(20)34-35(32-16-15-31)33-25(21)23(18-19)29(7,8)9/h13-14,17-18H,15-16,31H2,1-12H3. The van der Waals surface area contributed by atoms with E-state index < -0.39 is 8.24 Å². The minimum Gasteiger partial charge on any atom is -0.399 e. The molecule has 0 saturated carbocycles. The summed E-state index contributed by atoms with van der Waals surface area (Å²) in [6.07, 6.45) is 0. The molecule has 1 aromatic heterocycles. The lowest BCUT2D eigenvalue weighted by Crippen LogP contribution is -2.22. The minimum absolute atomic E-state index is 0.0126. The lowest BCUT2D eigenvalue weighted by Gasteiger charge is -2.30. The van der Waals surface area contributed by atoms with Gasteiger partial charge in [-0.3, -0.25) is 4.52 Å². The monoisotopic (exact) mass is 499 g/mol. The molecule has 194 valence electrons. The first-order valence-corrected chi connectivity index (χ1v) is 13.8. The highest BCUT2D eigenvalue weighted by Crippen LogP contribution is 2.45. The van der Waals surface area contributed by atoms with Crippen LogP contribution in [0.3, 0.4) is 0 Å². The Morgan fingerprint density at radius 2 is 1.26 bits per heavy atom. The van der Waals surface area contributed by atoms with E-state index in [1.54, 1.807) is 0 Å². The summed E-state index contributed by atoms with van der Waals surface area (Å²) < 4.78 is 19.4. The fraction of sp³-hybridized carbons (Fsp3) is 0.600. The SMILES string of the molecule is CC(C)(C)c1cc(C(C)(C)C)c2op(OCCN)oc3c(C(C)(C)C)c(C(C)(C)C)ccc3c2c1. The van der Waals surface area contributed by atoms with Gasteiger partial charge in [0.25, 0.3) is 0 Å². The van der Waals surface area contributed by atoms with Crippen LogP contribution in [0, 0.1) is 0 Å². The van der Waals surface area contributed by atoms with Crippen molar-refractivity contribution in [2.24, 2.45) is 5.73 Å². The molecule has 0 spiro atoms. The number of rotatable bonds is 3. The first kappa shape index (κ1) is 27.8. The van der Waals surface area contributed by atoms with E-state index in [0.29, 0.717) is 13.2 Å². The molecular weight excluding hydrogens is 453 g/mol. The van der Waals surface area contributed by atoms with E-state index >= 15 is 0 Å². The topological polar surface area (TPSA) is 61.5 Å². The first-order chi connectivity index (χ1) is 15.9. The molecule has 0 saturated heterocycles. The van der Waals surface area contributed by atoms with Crippen LogP contribution in [-0.2, 0) is 21.7 Å². The lowest BCUT2D eigenvalue weighted by molar-refractivity contribution is 0.380. The van der Waals surface area contributed by atoms with E-state index in [2.05, 4.69) is 107 Å². The Hall–Kier alpha value is -1.74. The molecule has 0 bridgehead atoms. The number of nitrogens with two attached hydrogens (primary N) is 1. The van der Waals surface area contributed by atoms with Crippen LogP contribution >= 0.6 is 8.24 Å². The molecule has 1 heterocycles. The largest absolute Gasteiger partial charge is 0.399 e. The van der Waals surface area contributed by atoms with Gasteiger partial charge in [-0.1, -0.05) is 101 Å². The molecule has 0 aliphatic heterocycles. The van der Waals surface area contributed by atoms with E-state index in [0.717, 1.165) is 27.5 Å². The summed E-state index contributed by atoms with van der Waals surface area (Å²) in [6.45, 7) is 27.8. The zero-order valence-electron chi connectivity index (χ0n) is 24.0. The average Bonchev–Trinajstić information content (AvgIpc) is 2.84. The van der Waals surface area contributed by atoms with Crippen molar-refractivity contribution in [1.82, 2.24) is 0 Å². The van der Waals surface area contributed by atoms with Gasteiger partial charge in [-0.15, -0.1) is 0 Å². The summed E-state index contributed by atoms with van der Waals surface area (Å²) in [5, 5.41) is 2.14. The smallest absolute Gasteiger partial charge is 0.387 e. The average molecular weight is 500 g/mol. The maximum Gasteiger partial charge on any atom is 0.387 e. The fourth-order valence-corrected chi connectivity index (χ4v) is 5.61. The van der Waals surface area contributed by atoms with Gasteiger partial charge in [0.15, 0.2) is 0 Å². The van der Waals surface area contributed by atoms with Crippen LogP contribution in [0.15, 0.2) is 32.7 Å². The predicted molar refractivity (Wildman–Crippen MR) is 152 cm³/mol. The summed E-state index contributed by atoms with van der Waals surface area (Å²) in [6, 6.07) is 9.08. The number of benzene rings is 2. The van der Waals surface area contributed by atoms with Crippen LogP contribution in [-0.4, -0.2) is 13.2 Å². The molecule has 0 fully saturated rings. The van der Waals surface area contributed by atoms with Gasteiger partial charge in [0.1, 0.15) is 11.2 Å². The molecule has 0 aliphatic carbocycles. The Morgan fingerprint density at radius 3 is 1.74 bits per heavy atom. The summed E-state index contributed by atoms with van der Waals surface area (Å²) in [5.41, 5.74) is 12.1. The molecule has 3 rings (SSSR count). The van der Waals surface area contributed by atoms with Crippen molar-refractivity contribution >= 4 is 30.2 Å². The molecule has 35 heavy (non-hydrogen) atoms. The lowest BCUT2D eigenvalue weighted by atomic mass is 9.74. The zero-order chi connectivity index (χ0) is 26.6. The van der Waals surface area contributed by atoms with Crippen molar-refractivity contribution in [1.29, 1.82) is 0 Å². The van der Waals surface area contributed by atoms with Gasteiger partial charge in [0.05, 0.1) is 6.61 Å². The van der Waals surface area contributed by atoms with Crippen molar-refractivity contribution in [3.63, 3.8) is 0 Å². The Balaban J connectivity index is 2.71. The molecule has 4 nitrogen and oxygen atoms in total. The second-order valence-corrected chi connectivity index (χ2v) is 14.9. The summed E-state index contributed by atoms with van der Waals surface area (Å²) in [5.74, 6) is 0. The molecule has 1 atom stereocenters. The van der Waals surface area contributed by atoms with Crippen molar-refractivity contribution in [3.05, 3.63) is 46.5 Å². The van der Waals surface area contributed by atoms with Gasteiger partial charge < -0.3 is 14.1 Å².